The summed E-state index contributed by atoms with van der Waals surface area (Å²) in [5.41, 5.74) is 1.21. The van der Waals surface area contributed by atoms with Crippen LogP contribution in [0.15, 0.2) is 40.9 Å². The number of rotatable bonds is 5. The minimum atomic E-state index is -0.0607. The van der Waals surface area contributed by atoms with Gasteiger partial charge in [-0.2, -0.15) is 0 Å². The first-order valence-electron chi connectivity index (χ1n) is 6.07. The number of benzene rings is 2. The molecule has 0 heterocycles. The summed E-state index contributed by atoms with van der Waals surface area (Å²) in [7, 11) is 1.57. The number of nitrogens with one attached hydrogen (secondary N) is 1. The van der Waals surface area contributed by atoms with Gasteiger partial charge in [0.05, 0.1) is 33.9 Å². The van der Waals surface area contributed by atoms with Crippen LogP contribution in [0.5, 0.6) is 5.75 Å². The van der Waals surface area contributed by atoms with Crippen LogP contribution in [0, 0.1) is 0 Å². The lowest BCUT2D eigenvalue weighted by molar-refractivity contribution is 0.101. The Morgan fingerprint density at radius 3 is 2.71 bits per heavy atom. The highest BCUT2D eigenvalue weighted by atomic mass is 79.9. The van der Waals surface area contributed by atoms with E-state index >= 15 is 0 Å². The predicted octanol–water partition coefficient (Wildman–Crippen LogP) is 5.06. The molecule has 2 aromatic carbocycles. The topological polar surface area (TPSA) is 38.3 Å². The number of hydrogen-bond acceptors (Lipinski definition) is 3. The van der Waals surface area contributed by atoms with Crippen molar-refractivity contribution in [3.8, 4) is 5.75 Å². The number of methoxy groups -OCH3 is 1. The van der Waals surface area contributed by atoms with E-state index in [0.717, 1.165) is 4.47 Å². The summed E-state index contributed by atoms with van der Waals surface area (Å²) < 4.78 is 5.86. The predicted molar refractivity (Wildman–Crippen MR) is 90.0 cm³/mol. The van der Waals surface area contributed by atoms with E-state index in [1.807, 2.05) is 0 Å². The van der Waals surface area contributed by atoms with Gasteiger partial charge in [0.15, 0.2) is 5.78 Å². The van der Waals surface area contributed by atoms with Gasteiger partial charge in [-0.05, 0) is 46.3 Å². The zero-order chi connectivity index (χ0) is 15.4. The third-order valence-electron chi connectivity index (χ3n) is 2.86. The van der Waals surface area contributed by atoms with Crippen molar-refractivity contribution in [2.24, 2.45) is 0 Å². The fraction of sp³-hybridized carbons (Fsp3) is 0.133. The first-order chi connectivity index (χ1) is 10.0. The zero-order valence-corrected chi connectivity index (χ0v) is 14.2. The lowest BCUT2D eigenvalue weighted by Crippen LogP contribution is -2.14. The van der Waals surface area contributed by atoms with E-state index in [2.05, 4.69) is 21.2 Å². The summed E-state index contributed by atoms with van der Waals surface area (Å²) in [6.45, 7) is 0.124. The van der Waals surface area contributed by atoms with E-state index in [0.29, 0.717) is 27.0 Å². The van der Waals surface area contributed by atoms with Gasteiger partial charge in [-0.25, -0.2) is 0 Å². The van der Waals surface area contributed by atoms with Crippen molar-refractivity contribution in [1.82, 2.24) is 0 Å². The molecule has 0 fully saturated rings. The molecule has 0 spiro atoms. The van der Waals surface area contributed by atoms with Crippen molar-refractivity contribution in [3.05, 3.63) is 56.5 Å². The summed E-state index contributed by atoms with van der Waals surface area (Å²) >= 11 is 15.3. The first kappa shape index (κ1) is 16.1. The molecule has 2 rings (SSSR count). The summed E-state index contributed by atoms with van der Waals surface area (Å²) in [4.78, 5) is 12.2. The molecule has 21 heavy (non-hydrogen) atoms. The van der Waals surface area contributed by atoms with E-state index in [9.17, 15) is 4.79 Å². The van der Waals surface area contributed by atoms with Crippen molar-refractivity contribution in [2.45, 2.75) is 0 Å². The van der Waals surface area contributed by atoms with Gasteiger partial charge in [0, 0.05) is 5.56 Å². The SMILES string of the molecule is COc1ccc(C(=O)CNc2cccc(Cl)c2Cl)cc1Br. The second-order valence-electron chi connectivity index (χ2n) is 4.23. The number of ether oxygens (including phenoxy) is 1. The molecule has 0 saturated heterocycles. The molecule has 1 N–H and O–H groups in total. The van der Waals surface area contributed by atoms with Crippen molar-refractivity contribution < 1.29 is 9.53 Å². The molecule has 0 amide bonds. The number of halogens is 3. The molecule has 0 aliphatic heterocycles. The van der Waals surface area contributed by atoms with Crippen LogP contribution in [0.3, 0.4) is 0 Å². The fourth-order valence-corrected chi connectivity index (χ4v) is 2.67. The fourth-order valence-electron chi connectivity index (χ4n) is 1.76. The molecule has 0 unspecified atom stereocenters. The molecular weight excluding hydrogens is 377 g/mol. The maximum Gasteiger partial charge on any atom is 0.181 e. The quantitative estimate of drug-likeness (QED) is 0.727. The summed E-state index contributed by atoms with van der Waals surface area (Å²) in [5.74, 6) is 0.617. The Morgan fingerprint density at radius 2 is 2.05 bits per heavy atom. The molecule has 6 heteroatoms. The van der Waals surface area contributed by atoms with E-state index < -0.39 is 0 Å². The van der Waals surface area contributed by atoms with Crippen molar-refractivity contribution >= 4 is 50.6 Å². The van der Waals surface area contributed by atoms with Gasteiger partial charge in [-0.15, -0.1) is 0 Å². The van der Waals surface area contributed by atoms with Crippen molar-refractivity contribution in [2.75, 3.05) is 19.0 Å². The minimum absolute atomic E-state index is 0.0607. The number of anilines is 1. The Hall–Kier alpha value is -1.23. The summed E-state index contributed by atoms with van der Waals surface area (Å²) in [5, 5.41) is 3.84. The molecular formula is C15H12BrCl2NO2. The average Bonchev–Trinajstić information content (AvgIpc) is 2.48. The van der Waals surface area contributed by atoms with Gasteiger partial charge >= 0.3 is 0 Å². The van der Waals surface area contributed by atoms with Crippen LogP contribution in [0.1, 0.15) is 10.4 Å². The number of ketones is 1. The summed E-state index contributed by atoms with van der Waals surface area (Å²) in [6, 6.07) is 10.4. The van der Waals surface area contributed by atoms with Crippen molar-refractivity contribution in [3.63, 3.8) is 0 Å². The van der Waals surface area contributed by atoms with E-state index in [-0.39, 0.29) is 12.3 Å². The average molecular weight is 389 g/mol. The number of Topliss-reactive ketones (excluding diaryl/α,β-unsaturated/α-hetero) is 1. The van der Waals surface area contributed by atoms with Crippen LogP contribution in [0.2, 0.25) is 10.0 Å². The Kier molecular flexibility index (Phi) is 5.51. The molecule has 3 nitrogen and oxygen atoms in total. The molecule has 0 atom stereocenters. The Bertz CT molecular complexity index is 677. The van der Waals surface area contributed by atoms with Crippen LogP contribution >= 0.6 is 39.1 Å². The van der Waals surface area contributed by atoms with Crippen LogP contribution < -0.4 is 10.1 Å². The van der Waals surface area contributed by atoms with Crippen LogP contribution in [0.25, 0.3) is 0 Å². The van der Waals surface area contributed by atoms with Gasteiger partial charge < -0.3 is 10.1 Å². The van der Waals surface area contributed by atoms with Crippen LogP contribution in [0.4, 0.5) is 5.69 Å². The second-order valence-corrected chi connectivity index (χ2v) is 5.87. The number of hydrogen-bond donors (Lipinski definition) is 1. The Balaban J connectivity index is 2.08. The third-order valence-corrected chi connectivity index (χ3v) is 4.30. The van der Waals surface area contributed by atoms with Gasteiger partial charge in [-0.3, -0.25) is 4.79 Å². The molecule has 0 bridgehead atoms. The number of carbonyl (C=O) groups excluding carboxylic acids is 1. The molecule has 110 valence electrons. The molecule has 0 saturated carbocycles. The van der Waals surface area contributed by atoms with Gasteiger partial charge in [-0.1, -0.05) is 29.3 Å². The molecule has 0 aliphatic rings. The van der Waals surface area contributed by atoms with Crippen LogP contribution in [-0.2, 0) is 0 Å². The first-order valence-corrected chi connectivity index (χ1v) is 7.62. The van der Waals surface area contributed by atoms with E-state index in [4.69, 9.17) is 27.9 Å². The van der Waals surface area contributed by atoms with Crippen LogP contribution in [-0.4, -0.2) is 19.4 Å². The molecule has 0 aromatic heterocycles. The second kappa shape index (κ2) is 7.16. The maximum atomic E-state index is 12.2. The van der Waals surface area contributed by atoms with Gasteiger partial charge in [0.25, 0.3) is 0 Å². The third kappa shape index (κ3) is 3.90. The largest absolute Gasteiger partial charge is 0.496 e. The monoisotopic (exact) mass is 387 g/mol. The van der Waals surface area contributed by atoms with E-state index in [1.54, 1.807) is 43.5 Å². The highest BCUT2D eigenvalue weighted by molar-refractivity contribution is 9.10. The number of carbonyl (C=O) groups is 1. The highest BCUT2D eigenvalue weighted by Crippen LogP contribution is 2.29. The Labute approximate surface area is 141 Å². The van der Waals surface area contributed by atoms with Crippen molar-refractivity contribution in [1.29, 1.82) is 0 Å². The standard InChI is InChI=1S/C15H12BrCl2NO2/c1-21-14-6-5-9(7-10(14)16)13(20)8-19-12-4-2-3-11(17)15(12)18/h2-7,19H,8H2,1H3. The van der Waals surface area contributed by atoms with Gasteiger partial charge in [0.2, 0.25) is 0 Å². The Morgan fingerprint density at radius 1 is 1.29 bits per heavy atom. The maximum absolute atomic E-state index is 12.2. The minimum Gasteiger partial charge on any atom is -0.496 e. The smallest absolute Gasteiger partial charge is 0.181 e. The van der Waals surface area contributed by atoms with E-state index in [1.165, 1.54) is 0 Å². The lowest BCUT2D eigenvalue weighted by Gasteiger charge is -2.09. The van der Waals surface area contributed by atoms with Gasteiger partial charge in [0.1, 0.15) is 5.75 Å². The molecule has 0 aliphatic carbocycles. The normalized spacial score (nSPS) is 10.3. The molecule has 2 aromatic rings. The lowest BCUT2D eigenvalue weighted by atomic mass is 10.1. The molecule has 0 radical (unpaired) electrons. The zero-order valence-electron chi connectivity index (χ0n) is 11.1. The summed E-state index contributed by atoms with van der Waals surface area (Å²) in [6.07, 6.45) is 0. The highest BCUT2D eigenvalue weighted by Gasteiger charge is 2.10.